The maximum Gasteiger partial charge on any atom is 0.161 e. The van der Waals surface area contributed by atoms with Crippen molar-refractivity contribution in [2.45, 2.75) is 83.8 Å². The molecule has 1 aliphatic carbocycles. The smallest absolute Gasteiger partial charge is 0.161 e. The van der Waals surface area contributed by atoms with Crippen molar-refractivity contribution in [3.63, 3.8) is 0 Å². The number of ether oxygens (including phenoxy) is 2. The molecule has 1 aliphatic rings. The first kappa shape index (κ1) is 22.0. The van der Waals surface area contributed by atoms with Gasteiger partial charge in [0.05, 0.1) is 19.8 Å². The lowest BCUT2D eigenvalue weighted by molar-refractivity contribution is 0.172. The van der Waals surface area contributed by atoms with E-state index in [0.717, 1.165) is 43.1 Å². The molecule has 2 rings (SSSR count). The molecule has 0 amide bonds. The summed E-state index contributed by atoms with van der Waals surface area (Å²) in [4.78, 5) is 0. The predicted octanol–water partition coefficient (Wildman–Crippen LogP) is 4.71. The van der Waals surface area contributed by atoms with E-state index in [1.165, 1.54) is 31.2 Å². The van der Waals surface area contributed by atoms with Crippen molar-refractivity contribution in [1.82, 2.24) is 0 Å². The molecule has 0 bridgehead atoms. The average molecular weight is 378 g/mol. The minimum atomic E-state index is -0.464. The number of rotatable bonds is 13. The van der Waals surface area contributed by atoms with Gasteiger partial charge >= 0.3 is 0 Å². The molecule has 154 valence electrons. The van der Waals surface area contributed by atoms with Gasteiger partial charge in [0.2, 0.25) is 0 Å². The Labute approximate surface area is 165 Å². The fraction of sp³-hybridized carbons (Fsp3) is 0.739. The molecular weight excluding hydrogens is 338 g/mol. The number of hydrogen-bond acceptors (Lipinski definition) is 4. The largest absolute Gasteiger partial charge is 0.493 e. The first-order chi connectivity index (χ1) is 12.8. The molecule has 27 heavy (non-hydrogen) atoms. The highest BCUT2D eigenvalue weighted by molar-refractivity contribution is 5.43. The molecule has 2 atom stereocenters. The van der Waals surface area contributed by atoms with Crippen molar-refractivity contribution in [1.29, 1.82) is 0 Å². The first-order valence-electron chi connectivity index (χ1n) is 10.6. The van der Waals surface area contributed by atoms with Crippen LogP contribution in [0.1, 0.15) is 71.3 Å². The summed E-state index contributed by atoms with van der Waals surface area (Å²) >= 11 is 0. The lowest BCUT2D eigenvalue weighted by Gasteiger charge is -2.27. The SMILES string of the molecule is COc1cc(CCC(N)(CO)CC2CC2)ccc1OC(C)CCCC(C)C. The Morgan fingerprint density at radius 3 is 2.52 bits per heavy atom. The van der Waals surface area contributed by atoms with Crippen LogP contribution in [-0.2, 0) is 6.42 Å². The molecule has 1 fully saturated rings. The quantitative estimate of drug-likeness (QED) is 0.522. The first-order valence-corrected chi connectivity index (χ1v) is 10.6. The van der Waals surface area contributed by atoms with Crippen LogP contribution in [0.25, 0.3) is 0 Å². The number of aryl methyl sites for hydroxylation is 1. The van der Waals surface area contributed by atoms with Crippen molar-refractivity contribution in [3.05, 3.63) is 23.8 Å². The standard InChI is InChI=1S/C23H39NO3/c1-17(2)6-5-7-18(3)27-21-11-10-19(14-22(21)26-4)12-13-23(24,16-25)15-20-8-9-20/h10-11,14,17-18,20,25H,5-9,12-13,15-16,24H2,1-4H3. The third-order valence-electron chi connectivity index (χ3n) is 5.57. The van der Waals surface area contributed by atoms with Crippen LogP contribution < -0.4 is 15.2 Å². The Hall–Kier alpha value is -1.26. The summed E-state index contributed by atoms with van der Waals surface area (Å²) in [7, 11) is 1.68. The number of hydrogen-bond donors (Lipinski definition) is 2. The van der Waals surface area contributed by atoms with Gasteiger partial charge in [-0.25, -0.2) is 0 Å². The second-order valence-electron chi connectivity index (χ2n) is 8.91. The lowest BCUT2D eigenvalue weighted by Crippen LogP contribution is -2.44. The van der Waals surface area contributed by atoms with Gasteiger partial charge in [-0.05, 0) is 68.6 Å². The van der Waals surface area contributed by atoms with Crippen LogP contribution in [0.4, 0.5) is 0 Å². The molecule has 0 aromatic heterocycles. The van der Waals surface area contributed by atoms with Crippen molar-refractivity contribution in [2.75, 3.05) is 13.7 Å². The van der Waals surface area contributed by atoms with Crippen LogP contribution in [0.3, 0.4) is 0 Å². The number of benzene rings is 1. The fourth-order valence-corrected chi connectivity index (χ4v) is 3.59. The molecule has 2 unspecified atom stereocenters. The Bertz CT molecular complexity index is 571. The minimum absolute atomic E-state index is 0.0513. The minimum Gasteiger partial charge on any atom is -0.493 e. The number of nitrogens with two attached hydrogens (primary N) is 1. The zero-order valence-electron chi connectivity index (χ0n) is 17.7. The van der Waals surface area contributed by atoms with Gasteiger partial charge < -0.3 is 20.3 Å². The maximum absolute atomic E-state index is 9.72. The van der Waals surface area contributed by atoms with E-state index in [-0.39, 0.29) is 12.7 Å². The fourth-order valence-electron chi connectivity index (χ4n) is 3.59. The monoisotopic (exact) mass is 377 g/mol. The molecule has 1 aromatic rings. The van der Waals surface area contributed by atoms with Crippen molar-refractivity contribution in [2.24, 2.45) is 17.6 Å². The molecule has 0 aliphatic heterocycles. The topological polar surface area (TPSA) is 64.7 Å². The molecule has 4 nitrogen and oxygen atoms in total. The van der Waals surface area contributed by atoms with E-state index in [9.17, 15) is 5.11 Å². The predicted molar refractivity (Wildman–Crippen MR) is 111 cm³/mol. The zero-order valence-corrected chi connectivity index (χ0v) is 17.7. The van der Waals surface area contributed by atoms with Gasteiger partial charge in [-0.1, -0.05) is 39.2 Å². The molecule has 0 heterocycles. The molecule has 4 heteroatoms. The third-order valence-corrected chi connectivity index (χ3v) is 5.57. The van der Waals surface area contributed by atoms with E-state index >= 15 is 0 Å². The third kappa shape index (κ3) is 7.71. The summed E-state index contributed by atoms with van der Waals surface area (Å²) in [5.41, 5.74) is 7.12. The summed E-state index contributed by atoms with van der Waals surface area (Å²) < 4.78 is 11.7. The highest BCUT2D eigenvalue weighted by Gasteiger charge is 2.33. The van der Waals surface area contributed by atoms with Gasteiger partial charge in [-0.2, -0.15) is 0 Å². The number of aliphatic hydroxyl groups is 1. The Kier molecular flexibility index (Phi) is 8.43. The molecule has 0 saturated heterocycles. The van der Waals surface area contributed by atoms with E-state index in [4.69, 9.17) is 15.2 Å². The van der Waals surface area contributed by atoms with Crippen LogP contribution in [0, 0.1) is 11.8 Å². The van der Waals surface area contributed by atoms with E-state index in [1.54, 1.807) is 7.11 Å². The molecular formula is C23H39NO3. The van der Waals surface area contributed by atoms with Gasteiger partial charge in [0, 0.05) is 5.54 Å². The van der Waals surface area contributed by atoms with E-state index in [1.807, 2.05) is 12.1 Å². The second kappa shape index (κ2) is 10.3. The van der Waals surface area contributed by atoms with Gasteiger partial charge in [0.1, 0.15) is 0 Å². The summed E-state index contributed by atoms with van der Waals surface area (Å²) in [5, 5.41) is 9.72. The molecule has 0 radical (unpaired) electrons. The van der Waals surface area contributed by atoms with Gasteiger partial charge in [-0.15, -0.1) is 0 Å². The van der Waals surface area contributed by atoms with E-state index < -0.39 is 5.54 Å². The van der Waals surface area contributed by atoms with Crippen LogP contribution in [0.5, 0.6) is 11.5 Å². The Balaban J connectivity index is 1.90. The maximum atomic E-state index is 9.72. The number of aliphatic hydroxyl groups excluding tert-OH is 1. The average Bonchev–Trinajstić information content (AvgIpc) is 3.44. The van der Waals surface area contributed by atoms with Crippen LogP contribution >= 0.6 is 0 Å². The Morgan fingerprint density at radius 1 is 1.19 bits per heavy atom. The summed E-state index contributed by atoms with van der Waals surface area (Å²) in [5.74, 6) is 3.03. The van der Waals surface area contributed by atoms with Gasteiger partial charge in [0.15, 0.2) is 11.5 Å². The van der Waals surface area contributed by atoms with Gasteiger partial charge in [0.25, 0.3) is 0 Å². The van der Waals surface area contributed by atoms with Crippen LogP contribution in [-0.4, -0.2) is 30.5 Å². The molecule has 1 aromatic carbocycles. The summed E-state index contributed by atoms with van der Waals surface area (Å²) in [6.45, 7) is 6.68. The van der Waals surface area contributed by atoms with Gasteiger partial charge in [-0.3, -0.25) is 0 Å². The van der Waals surface area contributed by atoms with Crippen molar-refractivity contribution >= 4 is 0 Å². The number of methoxy groups -OCH3 is 1. The van der Waals surface area contributed by atoms with Crippen molar-refractivity contribution < 1.29 is 14.6 Å². The Morgan fingerprint density at radius 2 is 1.93 bits per heavy atom. The summed E-state index contributed by atoms with van der Waals surface area (Å²) in [6.07, 6.45) is 8.71. The highest BCUT2D eigenvalue weighted by atomic mass is 16.5. The molecule has 3 N–H and O–H groups in total. The zero-order chi connectivity index (χ0) is 19.9. The van der Waals surface area contributed by atoms with E-state index in [2.05, 4.69) is 26.8 Å². The van der Waals surface area contributed by atoms with Crippen molar-refractivity contribution in [3.8, 4) is 11.5 Å². The highest BCUT2D eigenvalue weighted by Crippen LogP contribution is 2.37. The normalized spacial score (nSPS) is 17.6. The lowest BCUT2D eigenvalue weighted by atomic mass is 9.88. The summed E-state index contributed by atoms with van der Waals surface area (Å²) in [6, 6.07) is 6.14. The molecule has 1 saturated carbocycles. The van der Waals surface area contributed by atoms with Crippen LogP contribution in [0.15, 0.2) is 18.2 Å². The van der Waals surface area contributed by atoms with Crippen LogP contribution in [0.2, 0.25) is 0 Å². The van der Waals surface area contributed by atoms with E-state index in [0.29, 0.717) is 5.92 Å². The molecule has 0 spiro atoms. The second-order valence-corrected chi connectivity index (χ2v) is 8.91.